The molecule has 1 heterocycles. The van der Waals surface area contributed by atoms with Crippen molar-refractivity contribution >= 4 is 23.4 Å². The number of carbonyl (C=O) groups excluding carboxylic acids is 2. The van der Waals surface area contributed by atoms with Crippen molar-refractivity contribution in [2.24, 2.45) is 0 Å². The van der Waals surface area contributed by atoms with Gasteiger partial charge in [-0.2, -0.15) is 0 Å². The summed E-state index contributed by atoms with van der Waals surface area (Å²) < 4.78 is 4.69. The molecular formula is C17H21N5O3. The molecule has 0 atom stereocenters. The summed E-state index contributed by atoms with van der Waals surface area (Å²) in [5.74, 6) is -0.222. The van der Waals surface area contributed by atoms with Crippen LogP contribution in [-0.4, -0.2) is 61.3 Å². The molecule has 2 aromatic rings. The van der Waals surface area contributed by atoms with Gasteiger partial charge < -0.3 is 20.3 Å². The van der Waals surface area contributed by atoms with Crippen LogP contribution in [0.25, 0.3) is 0 Å². The number of esters is 1. The van der Waals surface area contributed by atoms with Gasteiger partial charge in [-0.3, -0.25) is 4.79 Å². The van der Waals surface area contributed by atoms with Gasteiger partial charge in [0.1, 0.15) is 0 Å². The Morgan fingerprint density at radius 3 is 2.60 bits per heavy atom. The number of ether oxygens (including phenoxy) is 1. The SMILES string of the molecule is COC(=O)c1cccc(Nc2ccc(C(=O)NCCN(C)C)nn2)c1. The normalized spacial score (nSPS) is 10.4. The van der Waals surface area contributed by atoms with Crippen LogP contribution in [0.1, 0.15) is 20.8 Å². The lowest BCUT2D eigenvalue weighted by molar-refractivity contribution is 0.0600. The van der Waals surface area contributed by atoms with Gasteiger partial charge in [0.05, 0.1) is 12.7 Å². The molecule has 2 rings (SSSR count). The summed E-state index contributed by atoms with van der Waals surface area (Å²) in [5.41, 5.74) is 1.34. The average Bonchev–Trinajstić information content (AvgIpc) is 2.61. The standard InChI is InChI=1S/C17H21N5O3/c1-22(2)10-9-18-16(23)14-7-8-15(21-20-14)19-13-6-4-5-12(11-13)17(24)25-3/h4-8,11H,9-10H2,1-3H3,(H,18,23)(H,19,21). The third-order valence-electron chi connectivity index (χ3n) is 3.30. The molecule has 132 valence electrons. The van der Waals surface area contributed by atoms with Crippen LogP contribution >= 0.6 is 0 Å². The highest BCUT2D eigenvalue weighted by Crippen LogP contribution is 2.16. The van der Waals surface area contributed by atoms with Gasteiger partial charge >= 0.3 is 5.97 Å². The van der Waals surface area contributed by atoms with Gasteiger partial charge in [-0.15, -0.1) is 10.2 Å². The lowest BCUT2D eigenvalue weighted by atomic mass is 10.2. The zero-order chi connectivity index (χ0) is 18.2. The smallest absolute Gasteiger partial charge is 0.337 e. The first-order valence-electron chi connectivity index (χ1n) is 7.71. The number of hydrogen-bond donors (Lipinski definition) is 2. The largest absolute Gasteiger partial charge is 0.465 e. The van der Waals surface area contributed by atoms with Crippen molar-refractivity contribution in [2.75, 3.05) is 39.6 Å². The minimum Gasteiger partial charge on any atom is -0.465 e. The Labute approximate surface area is 146 Å². The molecule has 0 saturated heterocycles. The Morgan fingerprint density at radius 2 is 1.96 bits per heavy atom. The van der Waals surface area contributed by atoms with E-state index in [9.17, 15) is 9.59 Å². The molecule has 1 aromatic heterocycles. The second-order valence-corrected chi connectivity index (χ2v) is 5.56. The Bertz CT molecular complexity index is 731. The van der Waals surface area contributed by atoms with Gasteiger partial charge in [-0.1, -0.05) is 6.07 Å². The van der Waals surface area contributed by atoms with Crippen LogP contribution in [-0.2, 0) is 4.74 Å². The van der Waals surface area contributed by atoms with E-state index in [4.69, 9.17) is 0 Å². The molecular weight excluding hydrogens is 322 g/mol. The van der Waals surface area contributed by atoms with Gasteiger partial charge in [0, 0.05) is 18.8 Å². The third kappa shape index (κ3) is 5.54. The number of nitrogens with zero attached hydrogens (tertiary/aromatic N) is 3. The molecule has 0 aliphatic heterocycles. The molecule has 0 aliphatic carbocycles. The van der Waals surface area contributed by atoms with Crippen molar-refractivity contribution < 1.29 is 14.3 Å². The van der Waals surface area contributed by atoms with Crippen molar-refractivity contribution in [2.45, 2.75) is 0 Å². The van der Waals surface area contributed by atoms with Gasteiger partial charge in [0.25, 0.3) is 5.91 Å². The van der Waals surface area contributed by atoms with Crippen LogP contribution in [0.3, 0.4) is 0 Å². The number of anilines is 2. The summed E-state index contributed by atoms with van der Waals surface area (Å²) in [6, 6.07) is 10.1. The molecule has 8 nitrogen and oxygen atoms in total. The number of benzene rings is 1. The van der Waals surface area contributed by atoms with Crippen LogP contribution in [0.4, 0.5) is 11.5 Å². The summed E-state index contributed by atoms with van der Waals surface area (Å²) >= 11 is 0. The molecule has 0 bridgehead atoms. The van der Waals surface area contributed by atoms with E-state index in [0.29, 0.717) is 23.6 Å². The molecule has 0 radical (unpaired) electrons. The molecule has 25 heavy (non-hydrogen) atoms. The third-order valence-corrected chi connectivity index (χ3v) is 3.30. The highest BCUT2D eigenvalue weighted by atomic mass is 16.5. The summed E-state index contributed by atoms with van der Waals surface area (Å²) in [5, 5.41) is 13.7. The second-order valence-electron chi connectivity index (χ2n) is 5.56. The minimum absolute atomic E-state index is 0.243. The van der Waals surface area contributed by atoms with E-state index in [1.165, 1.54) is 7.11 Å². The molecule has 0 spiro atoms. The first kappa shape index (κ1) is 18.3. The van der Waals surface area contributed by atoms with Crippen molar-refractivity contribution in [3.8, 4) is 0 Å². The van der Waals surface area contributed by atoms with E-state index in [-0.39, 0.29) is 11.6 Å². The number of aromatic nitrogens is 2. The zero-order valence-electron chi connectivity index (χ0n) is 14.4. The van der Waals surface area contributed by atoms with Crippen LogP contribution in [0.2, 0.25) is 0 Å². The highest BCUT2D eigenvalue weighted by Gasteiger charge is 2.09. The fourth-order valence-electron chi connectivity index (χ4n) is 1.99. The van der Waals surface area contributed by atoms with Gasteiger partial charge in [-0.05, 0) is 44.4 Å². The van der Waals surface area contributed by atoms with E-state index in [0.717, 1.165) is 6.54 Å². The number of hydrogen-bond acceptors (Lipinski definition) is 7. The molecule has 1 aromatic carbocycles. The van der Waals surface area contributed by atoms with Crippen molar-refractivity contribution in [1.29, 1.82) is 0 Å². The quantitative estimate of drug-likeness (QED) is 0.731. The van der Waals surface area contributed by atoms with Crippen molar-refractivity contribution in [1.82, 2.24) is 20.4 Å². The Morgan fingerprint density at radius 1 is 1.16 bits per heavy atom. The number of amides is 1. The topological polar surface area (TPSA) is 96.4 Å². The fraction of sp³-hybridized carbons (Fsp3) is 0.294. The first-order valence-corrected chi connectivity index (χ1v) is 7.71. The lowest BCUT2D eigenvalue weighted by Gasteiger charge is -2.10. The Kier molecular flexibility index (Phi) is 6.41. The van der Waals surface area contributed by atoms with Gasteiger partial charge in [-0.25, -0.2) is 4.79 Å². The van der Waals surface area contributed by atoms with Crippen LogP contribution < -0.4 is 10.6 Å². The van der Waals surface area contributed by atoms with Gasteiger partial charge in [0.15, 0.2) is 11.5 Å². The molecule has 0 unspecified atom stereocenters. The van der Waals surface area contributed by atoms with E-state index in [1.54, 1.807) is 36.4 Å². The van der Waals surface area contributed by atoms with Crippen molar-refractivity contribution in [3.63, 3.8) is 0 Å². The number of methoxy groups -OCH3 is 1. The molecule has 0 fully saturated rings. The maximum atomic E-state index is 11.9. The molecule has 1 amide bonds. The lowest BCUT2D eigenvalue weighted by Crippen LogP contribution is -2.31. The van der Waals surface area contributed by atoms with Crippen molar-refractivity contribution in [3.05, 3.63) is 47.7 Å². The number of rotatable bonds is 7. The summed E-state index contributed by atoms with van der Waals surface area (Å²) in [6.07, 6.45) is 0. The predicted molar refractivity (Wildman–Crippen MR) is 94.0 cm³/mol. The summed E-state index contributed by atoms with van der Waals surface area (Å²) in [4.78, 5) is 25.5. The average molecular weight is 343 g/mol. The predicted octanol–water partition coefficient (Wildman–Crippen LogP) is 1.30. The van der Waals surface area contributed by atoms with Crippen LogP contribution in [0, 0.1) is 0 Å². The number of nitrogens with one attached hydrogen (secondary N) is 2. The maximum absolute atomic E-state index is 11.9. The van der Waals surface area contributed by atoms with E-state index in [2.05, 4.69) is 25.6 Å². The summed E-state index contributed by atoms with van der Waals surface area (Å²) in [6.45, 7) is 1.28. The van der Waals surface area contributed by atoms with E-state index in [1.807, 2.05) is 19.0 Å². The first-order chi connectivity index (χ1) is 12.0. The summed E-state index contributed by atoms with van der Waals surface area (Å²) in [7, 11) is 5.19. The molecule has 0 aliphatic rings. The zero-order valence-corrected chi connectivity index (χ0v) is 14.4. The highest BCUT2D eigenvalue weighted by molar-refractivity contribution is 5.92. The Hall–Kier alpha value is -3.00. The van der Waals surface area contributed by atoms with Gasteiger partial charge in [0.2, 0.25) is 0 Å². The monoisotopic (exact) mass is 343 g/mol. The molecule has 0 saturated carbocycles. The molecule has 8 heteroatoms. The molecule has 2 N–H and O–H groups in total. The van der Waals surface area contributed by atoms with E-state index >= 15 is 0 Å². The fourth-order valence-corrected chi connectivity index (χ4v) is 1.99. The minimum atomic E-state index is -0.417. The van der Waals surface area contributed by atoms with Crippen LogP contribution in [0.5, 0.6) is 0 Å². The van der Waals surface area contributed by atoms with E-state index < -0.39 is 5.97 Å². The number of likely N-dealkylation sites (N-methyl/N-ethyl adjacent to an activating group) is 1. The number of carbonyl (C=O) groups is 2. The second kappa shape index (κ2) is 8.74. The Balaban J connectivity index is 1.98. The maximum Gasteiger partial charge on any atom is 0.337 e. The van der Waals surface area contributed by atoms with Crippen LogP contribution in [0.15, 0.2) is 36.4 Å².